The van der Waals surface area contributed by atoms with Crippen molar-refractivity contribution >= 4 is 0 Å². The van der Waals surface area contributed by atoms with Gasteiger partial charge in [0.15, 0.2) is 0 Å². The standard InChI is InChI=1S/C3H3N2O.2W/c1-3-4-2-5-6-3;;/h1H3;;/q-1;;. The van der Waals surface area contributed by atoms with Gasteiger partial charge in [-0.05, 0) is 6.33 Å². The van der Waals surface area contributed by atoms with Gasteiger partial charge >= 0.3 is 0 Å². The van der Waals surface area contributed by atoms with Crippen LogP contribution in [0, 0.1) is 13.3 Å². The second-order valence-corrected chi connectivity index (χ2v) is 0.913. The summed E-state index contributed by atoms with van der Waals surface area (Å²) in [5.74, 6) is 0.551. The molecule has 0 aromatic carbocycles. The van der Waals surface area contributed by atoms with Gasteiger partial charge in [0.2, 0.25) is 0 Å². The summed E-state index contributed by atoms with van der Waals surface area (Å²) < 4.78 is 4.42. The zero-order valence-corrected chi connectivity index (χ0v) is 9.99. The molecule has 0 fully saturated rings. The van der Waals surface area contributed by atoms with Gasteiger partial charge in [0.25, 0.3) is 0 Å². The van der Waals surface area contributed by atoms with Gasteiger partial charge in [0.05, 0.1) is 5.89 Å². The van der Waals surface area contributed by atoms with Crippen molar-refractivity contribution in [2.45, 2.75) is 6.92 Å². The average Bonchev–Trinajstić information content (AvgIpc) is 1.86. The molecule has 1 rings (SSSR count). The molecule has 0 unspecified atom stereocenters. The van der Waals surface area contributed by atoms with Crippen molar-refractivity contribution in [1.29, 1.82) is 0 Å². The normalized spacial score (nSPS) is 6.62. The molecule has 0 saturated heterocycles. The molecule has 5 heteroatoms. The van der Waals surface area contributed by atoms with E-state index in [0.717, 1.165) is 0 Å². The van der Waals surface area contributed by atoms with Crippen molar-refractivity contribution in [1.82, 2.24) is 10.1 Å². The van der Waals surface area contributed by atoms with E-state index in [-0.39, 0.29) is 42.1 Å². The van der Waals surface area contributed by atoms with Crippen LogP contribution in [-0.2, 0) is 42.1 Å². The van der Waals surface area contributed by atoms with E-state index in [0.29, 0.717) is 5.89 Å². The van der Waals surface area contributed by atoms with Gasteiger partial charge in [-0.1, -0.05) is 6.92 Å². The van der Waals surface area contributed by atoms with Gasteiger partial charge in [-0.3, -0.25) is 0 Å². The van der Waals surface area contributed by atoms with Crippen LogP contribution >= 0.6 is 0 Å². The maximum atomic E-state index is 4.42. The Morgan fingerprint density at radius 1 is 1.50 bits per heavy atom. The smallest absolute Gasteiger partial charge is 0.0645 e. The van der Waals surface area contributed by atoms with E-state index in [1.807, 2.05) is 0 Å². The average molecular weight is 451 g/mol. The SMILES string of the molecule is Cc1n[c-]no1.[W].[W]. The zero-order chi connectivity index (χ0) is 4.41. The Morgan fingerprint density at radius 2 is 2.12 bits per heavy atom. The minimum atomic E-state index is 0. The van der Waals surface area contributed by atoms with E-state index in [1.54, 1.807) is 6.92 Å². The van der Waals surface area contributed by atoms with E-state index in [4.69, 9.17) is 0 Å². The maximum absolute atomic E-state index is 4.42. The molecule has 0 radical (unpaired) electrons. The van der Waals surface area contributed by atoms with Crippen molar-refractivity contribution in [2.75, 3.05) is 0 Å². The van der Waals surface area contributed by atoms with Crippen molar-refractivity contribution in [3.05, 3.63) is 12.2 Å². The molecule has 44 valence electrons. The van der Waals surface area contributed by atoms with Gasteiger partial charge in [-0.2, -0.15) is 5.16 Å². The summed E-state index contributed by atoms with van der Waals surface area (Å²) in [4.78, 5) is 3.51. The number of hydrogen-bond acceptors (Lipinski definition) is 3. The first kappa shape index (κ1) is 11.3. The van der Waals surface area contributed by atoms with E-state index in [2.05, 4.69) is 21.0 Å². The molecule has 0 amide bonds. The van der Waals surface area contributed by atoms with Gasteiger partial charge < -0.3 is 9.51 Å². The van der Waals surface area contributed by atoms with Gasteiger partial charge in [0.1, 0.15) is 0 Å². The Balaban J connectivity index is 0. The van der Waals surface area contributed by atoms with Gasteiger partial charge in [0, 0.05) is 42.1 Å². The predicted octanol–water partition coefficient (Wildman–Crippen LogP) is 0.173. The van der Waals surface area contributed by atoms with Crippen LogP contribution in [0.1, 0.15) is 5.89 Å². The van der Waals surface area contributed by atoms with Crippen molar-refractivity contribution < 1.29 is 46.7 Å². The summed E-state index contributed by atoms with van der Waals surface area (Å²) in [6.07, 6.45) is 2.26. The third-order valence-corrected chi connectivity index (χ3v) is 0.426. The second-order valence-electron chi connectivity index (χ2n) is 0.913. The minimum Gasteiger partial charge on any atom is -0.450 e. The molecule has 0 atom stereocenters. The second kappa shape index (κ2) is 5.65. The fraction of sp³-hybridized carbons (Fsp3) is 0.333. The molecule has 0 N–H and O–H groups in total. The quantitative estimate of drug-likeness (QED) is 0.529. The minimum absolute atomic E-state index is 0. The van der Waals surface area contributed by atoms with Crippen LogP contribution in [0.2, 0.25) is 0 Å². The summed E-state index contributed by atoms with van der Waals surface area (Å²) in [6.45, 7) is 1.71. The molecule has 8 heavy (non-hydrogen) atoms. The Bertz CT molecular complexity index is 119. The zero-order valence-electron chi connectivity index (χ0n) is 4.12. The molecule has 1 aromatic rings. The fourth-order valence-electron chi connectivity index (χ4n) is 0.198. The van der Waals surface area contributed by atoms with Gasteiger partial charge in [-0.25, -0.2) is 0 Å². The van der Waals surface area contributed by atoms with Crippen molar-refractivity contribution in [3.8, 4) is 0 Å². The van der Waals surface area contributed by atoms with Crippen LogP contribution in [0.5, 0.6) is 0 Å². The summed E-state index contributed by atoms with van der Waals surface area (Å²) in [7, 11) is 0. The van der Waals surface area contributed by atoms with Crippen molar-refractivity contribution in [3.63, 3.8) is 0 Å². The monoisotopic (exact) mass is 451 g/mol. The Morgan fingerprint density at radius 3 is 2.25 bits per heavy atom. The first-order chi connectivity index (χ1) is 2.89. The van der Waals surface area contributed by atoms with E-state index >= 15 is 0 Å². The van der Waals surface area contributed by atoms with Crippen LogP contribution in [-0.4, -0.2) is 10.1 Å². The molecule has 0 aliphatic carbocycles. The van der Waals surface area contributed by atoms with Crippen LogP contribution in [0.4, 0.5) is 0 Å². The first-order valence-electron chi connectivity index (χ1n) is 1.56. The maximum Gasteiger partial charge on any atom is 0.0645 e. The molecule has 1 heterocycles. The van der Waals surface area contributed by atoms with E-state index < -0.39 is 0 Å². The molecule has 0 spiro atoms. The largest absolute Gasteiger partial charge is 0.450 e. The summed E-state index contributed by atoms with van der Waals surface area (Å²) in [6, 6.07) is 0. The Kier molecular flexibility index (Phi) is 8.00. The van der Waals surface area contributed by atoms with Crippen LogP contribution < -0.4 is 0 Å². The third kappa shape index (κ3) is 3.51. The Hall–Kier alpha value is 0.517. The summed E-state index contributed by atoms with van der Waals surface area (Å²) in [5.41, 5.74) is 0. The van der Waals surface area contributed by atoms with Crippen molar-refractivity contribution in [2.24, 2.45) is 0 Å². The molecule has 0 aliphatic rings. The first-order valence-corrected chi connectivity index (χ1v) is 1.56. The molecular weight excluding hydrogens is 448 g/mol. The molecule has 3 nitrogen and oxygen atoms in total. The van der Waals surface area contributed by atoms with Crippen LogP contribution in [0.15, 0.2) is 4.52 Å². The molecular formula is C3H3N2OW2-. The third-order valence-electron chi connectivity index (χ3n) is 0.426. The number of aromatic nitrogens is 2. The molecule has 0 bridgehead atoms. The molecule has 0 saturated carbocycles. The number of rotatable bonds is 0. The number of hydrogen-bond donors (Lipinski definition) is 0. The summed E-state index contributed by atoms with van der Waals surface area (Å²) in [5, 5.41) is 3.21. The summed E-state index contributed by atoms with van der Waals surface area (Å²) >= 11 is 0. The topological polar surface area (TPSA) is 38.9 Å². The predicted molar refractivity (Wildman–Crippen MR) is 17.9 cm³/mol. The number of nitrogens with zero attached hydrogens (tertiary/aromatic N) is 2. The Labute approximate surface area is 75.8 Å². The fourth-order valence-corrected chi connectivity index (χ4v) is 0.198. The van der Waals surface area contributed by atoms with Crippen LogP contribution in [0.25, 0.3) is 0 Å². The van der Waals surface area contributed by atoms with E-state index in [9.17, 15) is 0 Å². The molecule has 1 aromatic heterocycles. The van der Waals surface area contributed by atoms with Gasteiger partial charge in [-0.15, -0.1) is 0 Å². The van der Waals surface area contributed by atoms with E-state index in [1.165, 1.54) is 0 Å². The molecule has 0 aliphatic heterocycles. The van der Waals surface area contributed by atoms with Crippen LogP contribution in [0.3, 0.4) is 0 Å². The number of aryl methyl sites for hydroxylation is 1.